The summed E-state index contributed by atoms with van der Waals surface area (Å²) in [5.41, 5.74) is 0.721. The summed E-state index contributed by atoms with van der Waals surface area (Å²) in [5, 5.41) is 3.14. The van der Waals surface area contributed by atoms with Crippen molar-refractivity contribution in [2.45, 2.75) is 20.8 Å². The number of aromatic nitrogens is 1. The summed E-state index contributed by atoms with van der Waals surface area (Å²) in [4.78, 5) is 21.1. The molecule has 5 heteroatoms. The molecule has 1 aromatic heterocycles. The first kappa shape index (κ1) is 15.8. The molecular weight excluding hydrogens is 264 g/mol. The van der Waals surface area contributed by atoms with Crippen molar-refractivity contribution >= 4 is 11.7 Å². The van der Waals surface area contributed by atoms with Gasteiger partial charge in [0.05, 0.1) is 0 Å². The van der Waals surface area contributed by atoms with E-state index < -0.39 is 0 Å². The molecule has 0 atom stereocenters. The Balaban J connectivity index is 1.94. The Kier molecular flexibility index (Phi) is 5.56. The standard InChI is InChI=1S/C16H26N4O/c1-4-17-15-11-14(5-6-18-15)16(21)20-9-7-19(8-10-20)12-13(2)3/h5-6,11,13H,4,7-10,12H2,1-3H3,(H,17,18). The first-order valence-corrected chi connectivity index (χ1v) is 7.81. The predicted molar refractivity (Wildman–Crippen MR) is 85.6 cm³/mol. The van der Waals surface area contributed by atoms with Crippen molar-refractivity contribution < 1.29 is 4.79 Å². The largest absolute Gasteiger partial charge is 0.370 e. The van der Waals surface area contributed by atoms with Gasteiger partial charge in [-0.1, -0.05) is 13.8 Å². The molecule has 1 aliphatic heterocycles. The van der Waals surface area contributed by atoms with Crippen LogP contribution >= 0.6 is 0 Å². The third-order valence-electron chi connectivity index (χ3n) is 3.65. The Hall–Kier alpha value is -1.62. The second-order valence-electron chi connectivity index (χ2n) is 5.95. The summed E-state index contributed by atoms with van der Waals surface area (Å²) in [6, 6.07) is 3.63. The minimum absolute atomic E-state index is 0.112. The number of piperazine rings is 1. The van der Waals surface area contributed by atoms with Crippen LogP contribution in [0.5, 0.6) is 0 Å². The van der Waals surface area contributed by atoms with E-state index in [0.717, 1.165) is 50.6 Å². The summed E-state index contributed by atoms with van der Waals surface area (Å²) < 4.78 is 0. The topological polar surface area (TPSA) is 48.5 Å². The molecule has 0 aliphatic carbocycles. The number of amides is 1. The van der Waals surface area contributed by atoms with Gasteiger partial charge in [-0.2, -0.15) is 0 Å². The van der Waals surface area contributed by atoms with Crippen molar-refractivity contribution in [2.24, 2.45) is 5.92 Å². The molecular formula is C16H26N4O. The zero-order chi connectivity index (χ0) is 15.2. The second kappa shape index (κ2) is 7.41. The van der Waals surface area contributed by atoms with Gasteiger partial charge < -0.3 is 10.2 Å². The molecule has 5 nitrogen and oxygen atoms in total. The predicted octanol–water partition coefficient (Wildman–Crippen LogP) is 1.93. The molecule has 2 rings (SSSR count). The Morgan fingerprint density at radius 3 is 2.67 bits per heavy atom. The first-order valence-electron chi connectivity index (χ1n) is 7.81. The highest BCUT2D eigenvalue weighted by Crippen LogP contribution is 2.12. The van der Waals surface area contributed by atoms with Gasteiger partial charge in [0, 0.05) is 51.0 Å². The van der Waals surface area contributed by atoms with E-state index in [2.05, 4.69) is 29.0 Å². The molecule has 0 aromatic carbocycles. The third kappa shape index (κ3) is 4.43. The molecule has 0 radical (unpaired) electrons. The summed E-state index contributed by atoms with van der Waals surface area (Å²) in [6.07, 6.45) is 1.69. The van der Waals surface area contributed by atoms with Crippen molar-refractivity contribution in [3.63, 3.8) is 0 Å². The molecule has 21 heavy (non-hydrogen) atoms. The second-order valence-corrected chi connectivity index (χ2v) is 5.95. The van der Waals surface area contributed by atoms with Crippen LogP contribution in [-0.4, -0.2) is 60.0 Å². The molecule has 0 bridgehead atoms. The number of anilines is 1. The van der Waals surface area contributed by atoms with E-state index in [1.165, 1.54) is 0 Å². The van der Waals surface area contributed by atoms with Crippen molar-refractivity contribution in [3.05, 3.63) is 23.9 Å². The number of carbonyl (C=O) groups is 1. The average molecular weight is 290 g/mol. The fraction of sp³-hybridized carbons (Fsp3) is 0.625. The molecule has 1 fully saturated rings. The van der Waals surface area contributed by atoms with Crippen molar-refractivity contribution in [3.8, 4) is 0 Å². The Morgan fingerprint density at radius 2 is 2.05 bits per heavy atom. The monoisotopic (exact) mass is 290 g/mol. The normalized spacial score (nSPS) is 16.3. The highest BCUT2D eigenvalue weighted by atomic mass is 16.2. The number of hydrogen-bond acceptors (Lipinski definition) is 4. The van der Waals surface area contributed by atoms with Crippen molar-refractivity contribution in [1.29, 1.82) is 0 Å². The van der Waals surface area contributed by atoms with Gasteiger partial charge in [-0.05, 0) is 25.0 Å². The quantitative estimate of drug-likeness (QED) is 0.900. The fourth-order valence-corrected chi connectivity index (χ4v) is 2.67. The minimum Gasteiger partial charge on any atom is -0.370 e. The number of rotatable bonds is 5. The molecule has 2 heterocycles. The summed E-state index contributed by atoms with van der Waals surface area (Å²) in [6.45, 7) is 12.0. The van der Waals surface area contributed by atoms with Crippen LogP contribution in [0.1, 0.15) is 31.1 Å². The van der Waals surface area contributed by atoms with Gasteiger partial charge in [-0.25, -0.2) is 4.98 Å². The SMILES string of the molecule is CCNc1cc(C(=O)N2CCN(CC(C)C)CC2)ccn1. The molecule has 116 valence electrons. The number of hydrogen-bond donors (Lipinski definition) is 1. The lowest BCUT2D eigenvalue weighted by atomic mass is 10.1. The highest BCUT2D eigenvalue weighted by molar-refractivity contribution is 5.94. The lowest BCUT2D eigenvalue weighted by Gasteiger charge is -2.35. The number of carbonyl (C=O) groups excluding carboxylic acids is 1. The van der Waals surface area contributed by atoms with E-state index in [1.807, 2.05) is 17.9 Å². The van der Waals surface area contributed by atoms with E-state index in [4.69, 9.17) is 0 Å². The Bertz CT molecular complexity index is 467. The lowest BCUT2D eigenvalue weighted by molar-refractivity contribution is 0.0624. The van der Waals surface area contributed by atoms with Crippen LogP contribution in [0.15, 0.2) is 18.3 Å². The van der Waals surface area contributed by atoms with Gasteiger partial charge in [0.1, 0.15) is 5.82 Å². The molecule has 0 saturated carbocycles. The minimum atomic E-state index is 0.112. The maximum Gasteiger partial charge on any atom is 0.254 e. The van der Waals surface area contributed by atoms with Crippen LogP contribution < -0.4 is 5.32 Å². The third-order valence-corrected chi connectivity index (χ3v) is 3.65. The summed E-state index contributed by atoms with van der Waals surface area (Å²) >= 11 is 0. The lowest BCUT2D eigenvalue weighted by Crippen LogP contribution is -2.49. The van der Waals surface area contributed by atoms with Gasteiger partial charge in [-0.3, -0.25) is 9.69 Å². The van der Waals surface area contributed by atoms with Crippen LogP contribution in [0, 0.1) is 5.92 Å². The maximum atomic E-state index is 12.5. The Labute approximate surface area is 127 Å². The highest BCUT2D eigenvalue weighted by Gasteiger charge is 2.22. The summed E-state index contributed by atoms with van der Waals surface area (Å²) in [5.74, 6) is 1.55. The van der Waals surface area contributed by atoms with Crippen molar-refractivity contribution in [2.75, 3.05) is 44.6 Å². The van der Waals surface area contributed by atoms with Gasteiger partial charge in [0.15, 0.2) is 0 Å². The van der Waals surface area contributed by atoms with Gasteiger partial charge >= 0.3 is 0 Å². The number of nitrogens with one attached hydrogen (secondary N) is 1. The van der Waals surface area contributed by atoms with E-state index in [0.29, 0.717) is 5.92 Å². The molecule has 0 unspecified atom stereocenters. The fourth-order valence-electron chi connectivity index (χ4n) is 2.67. The Morgan fingerprint density at radius 1 is 1.33 bits per heavy atom. The molecule has 0 spiro atoms. The van der Waals surface area contributed by atoms with Crippen molar-refractivity contribution in [1.82, 2.24) is 14.8 Å². The van der Waals surface area contributed by atoms with E-state index >= 15 is 0 Å². The zero-order valence-corrected chi connectivity index (χ0v) is 13.3. The average Bonchev–Trinajstić information content (AvgIpc) is 2.47. The molecule has 1 N–H and O–H groups in total. The molecule has 1 aromatic rings. The van der Waals surface area contributed by atoms with Gasteiger partial charge in [-0.15, -0.1) is 0 Å². The first-order chi connectivity index (χ1) is 10.1. The van der Waals surface area contributed by atoms with Crippen LogP contribution in [-0.2, 0) is 0 Å². The van der Waals surface area contributed by atoms with Gasteiger partial charge in [0.2, 0.25) is 0 Å². The van der Waals surface area contributed by atoms with Crippen LogP contribution in [0.2, 0.25) is 0 Å². The molecule has 1 amide bonds. The van der Waals surface area contributed by atoms with E-state index in [9.17, 15) is 4.79 Å². The van der Waals surface area contributed by atoms with Crippen LogP contribution in [0.4, 0.5) is 5.82 Å². The van der Waals surface area contributed by atoms with E-state index in [1.54, 1.807) is 12.3 Å². The summed E-state index contributed by atoms with van der Waals surface area (Å²) in [7, 11) is 0. The van der Waals surface area contributed by atoms with E-state index in [-0.39, 0.29) is 5.91 Å². The molecule has 1 aliphatic rings. The number of nitrogens with zero attached hydrogens (tertiary/aromatic N) is 3. The number of pyridine rings is 1. The van der Waals surface area contributed by atoms with Crippen LogP contribution in [0.3, 0.4) is 0 Å². The molecule has 1 saturated heterocycles. The van der Waals surface area contributed by atoms with Crippen LogP contribution in [0.25, 0.3) is 0 Å². The zero-order valence-electron chi connectivity index (χ0n) is 13.3. The van der Waals surface area contributed by atoms with Gasteiger partial charge in [0.25, 0.3) is 5.91 Å². The maximum absolute atomic E-state index is 12.5. The smallest absolute Gasteiger partial charge is 0.254 e.